The van der Waals surface area contributed by atoms with Crippen molar-refractivity contribution >= 4 is 23.2 Å². The van der Waals surface area contributed by atoms with Crippen LogP contribution in [0.3, 0.4) is 0 Å². The van der Waals surface area contributed by atoms with Gasteiger partial charge in [0.25, 0.3) is 5.91 Å². The molecule has 1 heterocycles. The number of aryl methyl sites for hydroxylation is 1. The van der Waals surface area contributed by atoms with E-state index in [4.69, 9.17) is 21.9 Å². The fourth-order valence-electron chi connectivity index (χ4n) is 1.54. The first-order chi connectivity index (χ1) is 9.08. The number of carbonyl (C=O) groups is 1. The Morgan fingerprint density at radius 2 is 2.32 bits per heavy atom. The lowest BCUT2D eigenvalue weighted by Crippen LogP contribution is -2.26. The molecular formula is C12H13ClN4O2. The lowest BCUT2D eigenvalue weighted by Gasteiger charge is -2.06. The van der Waals surface area contributed by atoms with Crippen molar-refractivity contribution in [1.82, 2.24) is 15.5 Å². The van der Waals surface area contributed by atoms with Gasteiger partial charge in [0.15, 0.2) is 5.82 Å². The number of hydrogen-bond acceptors (Lipinski definition) is 5. The van der Waals surface area contributed by atoms with E-state index in [9.17, 15) is 4.79 Å². The van der Waals surface area contributed by atoms with E-state index in [1.54, 1.807) is 25.1 Å². The van der Waals surface area contributed by atoms with Crippen LogP contribution in [0.25, 0.3) is 0 Å². The smallest absolute Gasteiger partial charge is 0.252 e. The van der Waals surface area contributed by atoms with E-state index in [2.05, 4.69) is 15.5 Å². The molecule has 0 aliphatic carbocycles. The average Bonchev–Trinajstić information content (AvgIpc) is 2.78. The molecule has 0 aliphatic heterocycles. The monoisotopic (exact) mass is 280 g/mol. The van der Waals surface area contributed by atoms with Crippen molar-refractivity contribution in [1.29, 1.82) is 0 Å². The predicted octanol–water partition coefficient (Wildman–Crippen LogP) is 1.59. The summed E-state index contributed by atoms with van der Waals surface area (Å²) in [7, 11) is 0. The van der Waals surface area contributed by atoms with E-state index >= 15 is 0 Å². The van der Waals surface area contributed by atoms with Gasteiger partial charge in [0.1, 0.15) is 0 Å². The number of nitrogen functional groups attached to an aromatic ring is 1. The summed E-state index contributed by atoms with van der Waals surface area (Å²) in [5.41, 5.74) is 6.36. The van der Waals surface area contributed by atoms with E-state index in [0.29, 0.717) is 35.9 Å². The van der Waals surface area contributed by atoms with Gasteiger partial charge >= 0.3 is 0 Å². The van der Waals surface area contributed by atoms with Gasteiger partial charge in [-0.05, 0) is 19.1 Å². The Morgan fingerprint density at radius 1 is 1.53 bits per heavy atom. The molecule has 0 bridgehead atoms. The van der Waals surface area contributed by atoms with Gasteiger partial charge in [0.05, 0.1) is 16.3 Å². The highest BCUT2D eigenvalue weighted by atomic mass is 35.5. The number of anilines is 1. The van der Waals surface area contributed by atoms with Crippen molar-refractivity contribution in [2.45, 2.75) is 13.3 Å². The molecule has 6 nitrogen and oxygen atoms in total. The Hall–Kier alpha value is -2.08. The molecule has 2 rings (SSSR count). The van der Waals surface area contributed by atoms with Gasteiger partial charge in [-0.25, -0.2) is 0 Å². The van der Waals surface area contributed by atoms with Gasteiger partial charge in [-0.3, -0.25) is 4.79 Å². The van der Waals surface area contributed by atoms with Crippen LogP contribution in [0.1, 0.15) is 22.1 Å². The summed E-state index contributed by atoms with van der Waals surface area (Å²) in [6.45, 7) is 2.11. The van der Waals surface area contributed by atoms with E-state index in [0.717, 1.165) is 0 Å². The Balaban J connectivity index is 1.93. The number of nitrogens with two attached hydrogens (primary N) is 1. The molecule has 3 N–H and O–H groups in total. The van der Waals surface area contributed by atoms with Crippen LogP contribution in [0.4, 0.5) is 5.69 Å². The Morgan fingerprint density at radius 3 is 3.00 bits per heavy atom. The van der Waals surface area contributed by atoms with E-state index in [-0.39, 0.29) is 10.9 Å². The van der Waals surface area contributed by atoms with Crippen LogP contribution in [0.2, 0.25) is 5.02 Å². The second kappa shape index (κ2) is 5.71. The molecule has 0 aliphatic rings. The maximum Gasteiger partial charge on any atom is 0.252 e. The van der Waals surface area contributed by atoms with Crippen LogP contribution in [-0.4, -0.2) is 22.6 Å². The predicted molar refractivity (Wildman–Crippen MR) is 70.9 cm³/mol. The highest BCUT2D eigenvalue weighted by Gasteiger charge is 2.12. The second-order valence-corrected chi connectivity index (χ2v) is 4.33. The zero-order valence-corrected chi connectivity index (χ0v) is 11.1. The number of hydrogen-bond donors (Lipinski definition) is 2. The zero-order valence-electron chi connectivity index (χ0n) is 10.3. The van der Waals surface area contributed by atoms with Gasteiger partial charge in [-0.15, -0.1) is 0 Å². The summed E-state index contributed by atoms with van der Waals surface area (Å²) in [6, 6.07) is 4.93. The van der Waals surface area contributed by atoms with Crippen molar-refractivity contribution < 1.29 is 9.32 Å². The number of aromatic nitrogens is 2. The Labute approximate surface area is 114 Å². The largest absolute Gasteiger partial charge is 0.398 e. The van der Waals surface area contributed by atoms with Crippen LogP contribution in [0.15, 0.2) is 22.7 Å². The molecule has 0 unspecified atom stereocenters. The number of nitrogens with one attached hydrogen (secondary N) is 1. The summed E-state index contributed by atoms with van der Waals surface area (Å²) in [4.78, 5) is 15.9. The molecule has 0 spiro atoms. The Bertz CT molecular complexity index is 597. The van der Waals surface area contributed by atoms with Crippen molar-refractivity contribution in [3.8, 4) is 0 Å². The first kappa shape index (κ1) is 13.4. The molecular weight excluding hydrogens is 268 g/mol. The minimum atomic E-state index is -0.284. The summed E-state index contributed by atoms with van der Waals surface area (Å²) in [6.07, 6.45) is 0.465. The molecule has 100 valence electrons. The van der Waals surface area contributed by atoms with Crippen LogP contribution in [0.5, 0.6) is 0 Å². The zero-order chi connectivity index (χ0) is 13.8. The lowest BCUT2D eigenvalue weighted by atomic mass is 10.2. The first-order valence-electron chi connectivity index (χ1n) is 5.69. The number of halogens is 1. The van der Waals surface area contributed by atoms with Crippen LogP contribution in [-0.2, 0) is 6.42 Å². The minimum Gasteiger partial charge on any atom is -0.398 e. The minimum absolute atomic E-state index is 0.258. The third-order valence-corrected chi connectivity index (χ3v) is 2.89. The lowest BCUT2D eigenvalue weighted by molar-refractivity contribution is 0.0953. The highest BCUT2D eigenvalue weighted by Crippen LogP contribution is 2.22. The fraction of sp³-hybridized carbons (Fsp3) is 0.250. The van der Waals surface area contributed by atoms with Crippen molar-refractivity contribution in [2.24, 2.45) is 0 Å². The number of amides is 1. The molecule has 1 aromatic heterocycles. The summed E-state index contributed by atoms with van der Waals surface area (Å²) < 4.78 is 4.94. The topological polar surface area (TPSA) is 94.0 Å². The van der Waals surface area contributed by atoms with Gasteiger partial charge in [-0.1, -0.05) is 22.8 Å². The SMILES string of the molecule is Cc1noc(CCNC(=O)c2cccc(N)c2Cl)n1. The van der Waals surface area contributed by atoms with Gasteiger partial charge < -0.3 is 15.6 Å². The van der Waals surface area contributed by atoms with E-state index in [1.165, 1.54) is 0 Å². The van der Waals surface area contributed by atoms with Crippen LogP contribution in [0, 0.1) is 6.92 Å². The molecule has 0 atom stereocenters. The highest BCUT2D eigenvalue weighted by molar-refractivity contribution is 6.36. The quantitative estimate of drug-likeness (QED) is 0.829. The Kier molecular flexibility index (Phi) is 4.01. The second-order valence-electron chi connectivity index (χ2n) is 3.95. The molecule has 1 amide bonds. The average molecular weight is 281 g/mol. The number of carbonyl (C=O) groups excluding carboxylic acids is 1. The molecule has 0 saturated carbocycles. The van der Waals surface area contributed by atoms with Crippen molar-refractivity contribution in [2.75, 3.05) is 12.3 Å². The van der Waals surface area contributed by atoms with Crippen LogP contribution < -0.4 is 11.1 Å². The van der Waals surface area contributed by atoms with Gasteiger partial charge in [0.2, 0.25) is 5.89 Å². The molecule has 19 heavy (non-hydrogen) atoms. The molecule has 7 heteroatoms. The summed E-state index contributed by atoms with van der Waals surface area (Å²) in [5, 5.41) is 6.64. The summed E-state index contributed by atoms with van der Waals surface area (Å²) >= 11 is 5.96. The van der Waals surface area contributed by atoms with Gasteiger partial charge in [0, 0.05) is 13.0 Å². The van der Waals surface area contributed by atoms with Crippen LogP contribution >= 0.6 is 11.6 Å². The third-order valence-electron chi connectivity index (χ3n) is 2.47. The van der Waals surface area contributed by atoms with Crippen molar-refractivity contribution in [3.63, 3.8) is 0 Å². The fourth-order valence-corrected chi connectivity index (χ4v) is 1.76. The number of benzene rings is 1. The first-order valence-corrected chi connectivity index (χ1v) is 6.07. The van der Waals surface area contributed by atoms with Gasteiger partial charge in [-0.2, -0.15) is 4.98 Å². The molecule has 0 saturated heterocycles. The molecule has 0 fully saturated rings. The molecule has 2 aromatic rings. The number of rotatable bonds is 4. The maximum absolute atomic E-state index is 11.9. The van der Waals surface area contributed by atoms with E-state index in [1.807, 2.05) is 0 Å². The third kappa shape index (κ3) is 3.23. The molecule has 0 radical (unpaired) electrons. The van der Waals surface area contributed by atoms with E-state index < -0.39 is 0 Å². The maximum atomic E-state index is 11.9. The number of nitrogens with zero attached hydrogens (tertiary/aromatic N) is 2. The standard InChI is InChI=1S/C12H13ClN4O2/c1-7-16-10(19-17-7)5-6-15-12(18)8-3-2-4-9(14)11(8)13/h2-4H,5-6,14H2,1H3,(H,15,18). The normalized spacial score (nSPS) is 10.4. The summed E-state index contributed by atoms with van der Waals surface area (Å²) in [5.74, 6) is 0.769. The molecule has 1 aromatic carbocycles. The van der Waals surface area contributed by atoms with Crippen molar-refractivity contribution in [3.05, 3.63) is 40.5 Å².